The summed E-state index contributed by atoms with van der Waals surface area (Å²) in [4.78, 5) is 9.07. The second kappa shape index (κ2) is 6.48. The van der Waals surface area contributed by atoms with Gasteiger partial charge in [-0.15, -0.1) is 0 Å². The van der Waals surface area contributed by atoms with E-state index in [1.807, 2.05) is 25.3 Å². The molecule has 2 heterocycles. The summed E-state index contributed by atoms with van der Waals surface area (Å²) < 4.78 is 5.43. The molecule has 1 unspecified atom stereocenters. The van der Waals surface area contributed by atoms with Crippen molar-refractivity contribution in [1.29, 1.82) is 0 Å². The lowest BCUT2D eigenvalue weighted by atomic mass is 10.0. The molecule has 1 atom stereocenters. The number of aryl methyl sites for hydroxylation is 2. The fourth-order valence-electron chi connectivity index (χ4n) is 2.35. The molecular weight excluding hydrogens is 250 g/mol. The van der Waals surface area contributed by atoms with Crippen LogP contribution < -0.4 is 10.1 Å². The number of aromatic nitrogens is 2. The van der Waals surface area contributed by atoms with E-state index in [0.717, 1.165) is 34.8 Å². The number of methoxy groups -OCH3 is 1. The maximum absolute atomic E-state index is 5.43. The monoisotopic (exact) mass is 271 g/mol. The van der Waals surface area contributed by atoms with E-state index in [1.165, 1.54) is 0 Å². The van der Waals surface area contributed by atoms with Crippen LogP contribution in [0.1, 0.15) is 35.5 Å². The Hall–Kier alpha value is -1.94. The molecule has 0 saturated carbocycles. The first kappa shape index (κ1) is 14.5. The molecule has 0 aliphatic heterocycles. The molecule has 0 aliphatic carbocycles. The van der Waals surface area contributed by atoms with Gasteiger partial charge in [0.15, 0.2) is 0 Å². The Morgan fingerprint density at radius 3 is 2.70 bits per heavy atom. The van der Waals surface area contributed by atoms with Gasteiger partial charge in [0.2, 0.25) is 0 Å². The van der Waals surface area contributed by atoms with Crippen molar-refractivity contribution in [2.24, 2.45) is 0 Å². The summed E-state index contributed by atoms with van der Waals surface area (Å²) in [6.45, 7) is 7.04. The Morgan fingerprint density at radius 2 is 2.05 bits per heavy atom. The molecule has 0 amide bonds. The van der Waals surface area contributed by atoms with E-state index in [4.69, 9.17) is 4.74 Å². The summed E-state index contributed by atoms with van der Waals surface area (Å²) in [7, 11) is 1.67. The highest BCUT2D eigenvalue weighted by Crippen LogP contribution is 2.28. The fourth-order valence-corrected chi connectivity index (χ4v) is 2.35. The van der Waals surface area contributed by atoms with Gasteiger partial charge in [-0.05, 0) is 43.7 Å². The highest BCUT2D eigenvalue weighted by molar-refractivity contribution is 5.37. The summed E-state index contributed by atoms with van der Waals surface area (Å²) in [5.74, 6) is 0.778. The van der Waals surface area contributed by atoms with Crippen molar-refractivity contribution in [3.05, 3.63) is 53.1 Å². The van der Waals surface area contributed by atoms with Crippen LogP contribution in [0.4, 0.5) is 0 Å². The van der Waals surface area contributed by atoms with Crippen LogP contribution >= 0.6 is 0 Å². The van der Waals surface area contributed by atoms with Crippen LogP contribution in [0.25, 0.3) is 0 Å². The van der Waals surface area contributed by atoms with Crippen molar-refractivity contribution < 1.29 is 4.74 Å². The SMILES string of the molecule is CCNC(c1ncc(C)cc1C)c1ncccc1OC. The zero-order chi connectivity index (χ0) is 14.5. The van der Waals surface area contributed by atoms with E-state index in [1.54, 1.807) is 13.3 Å². The number of ether oxygens (including phenoxy) is 1. The predicted octanol–water partition coefficient (Wildman–Crippen LogP) is 2.80. The predicted molar refractivity (Wildman–Crippen MR) is 80.0 cm³/mol. The third-order valence-corrected chi connectivity index (χ3v) is 3.23. The molecule has 0 saturated heterocycles. The Labute approximate surface area is 120 Å². The largest absolute Gasteiger partial charge is 0.495 e. The molecule has 20 heavy (non-hydrogen) atoms. The van der Waals surface area contributed by atoms with Gasteiger partial charge in [0, 0.05) is 12.4 Å². The smallest absolute Gasteiger partial charge is 0.142 e. The average molecular weight is 271 g/mol. The molecule has 0 spiro atoms. The standard InChI is InChI=1S/C16H21N3O/c1-5-17-16(14-12(3)9-11(2)10-19-14)15-13(20-4)7-6-8-18-15/h6-10,16-17H,5H2,1-4H3. The van der Waals surface area contributed by atoms with Gasteiger partial charge in [0.1, 0.15) is 11.4 Å². The van der Waals surface area contributed by atoms with Gasteiger partial charge in [-0.3, -0.25) is 9.97 Å². The summed E-state index contributed by atoms with van der Waals surface area (Å²) >= 11 is 0. The van der Waals surface area contributed by atoms with E-state index in [9.17, 15) is 0 Å². The first-order chi connectivity index (χ1) is 9.67. The third kappa shape index (κ3) is 2.96. The quantitative estimate of drug-likeness (QED) is 0.908. The van der Waals surface area contributed by atoms with Gasteiger partial charge in [0.25, 0.3) is 0 Å². The summed E-state index contributed by atoms with van der Waals surface area (Å²) in [5, 5.41) is 3.45. The van der Waals surface area contributed by atoms with Gasteiger partial charge in [-0.25, -0.2) is 0 Å². The highest BCUT2D eigenvalue weighted by atomic mass is 16.5. The van der Waals surface area contributed by atoms with Crippen molar-refractivity contribution in [1.82, 2.24) is 15.3 Å². The Bertz CT molecular complexity index is 584. The molecule has 2 aromatic rings. The van der Waals surface area contributed by atoms with Crippen LogP contribution in [0.3, 0.4) is 0 Å². The minimum atomic E-state index is -0.0586. The van der Waals surface area contributed by atoms with Crippen LogP contribution in [0.2, 0.25) is 0 Å². The summed E-state index contributed by atoms with van der Waals surface area (Å²) in [6.07, 6.45) is 3.67. The highest BCUT2D eigenvalue weighted by Gasteiger charge is 2.21. The van der Waals surface area contributed by atoms with Gasteiger partial charge < -0.3 is 10.1 Å². The van der Waals surface area contributed by atoms with E-state index >= 15 is 0 Å². The molecule has 0 aromatic carbocycles. The first-order valence-electron chi connectivity index (χ1n) is 6.82. The van der Waals surface area contributed by atoms with Gasteiger partial charge >= 0.3 is 0 Å². The van der Waals surface area contributed by atoms with E-state index in [-0.39, 0.29) is 6.04 Å². The van der Waals surface area contributed by atoms with Crippen molar-refractivity contribution >= 4 is 0 Å². The molecule has 0 bridgehead atoms. The Morgan fingerprint density at radius 1 is 1.25 bits per heavy atom. The minimum Gasteiger partial charge on any atom is -0.495 e. The second-order valence-corrected chi connectivity index (χ2v) is 4.80. The van der Waals surface area contributed by atoms with Crippen LogP contribution in [0, 0.1) is 13.8 Å². The van der Waals surface area contributed by atoms with Crippen molar-refractivity contribution in [2.45, 2.75) is 26.8 Å². The van der Waals surface area contributed by atoms with E-state index in [2.05, 4.69) is 35.2 Å². The normalized spacial score (nSPS) is 12.2. The summed E-state index contributed by atoms with van der Waals surface area (Å²) in [5.41, 5.74) is 4.18. The Balaban J connectivity index is 2.50. The molecular formula is C16H21N3O. The van der Waals surface area contributed by atoms with Crippen LogP contribution in [0.15, 0.2) is 30.6 Å². The molecule has 0 aliphatic rings. The number of pyridine rings is 2. The first-order valence-corrected chi connectivity index (χ1v) is 6.82. The molecule has 4 heteroatoms. The van der Waals surface area contributed by atoms with Crippen LogP contribution in [0.5, 0.6) is 5.75 Å². The minimum absolute atomic E-state index is 0.0586. The lowest BCUT2D eigenvalue weighted by Gasteiger charge is -2.21. The Kier molecular flexibility index (Phi) is 4.69. The number of rotatable bonds is 5. The lowest BCUT2D eigenvalue weighted by Crippen LogP contribution is -2.25. The van der Waals surface area contributed by atoms with Crippen molar-refractivity contribution in [2.75, 3.05) is 13.7 Å². The average Bonchev–Trinajstić information content (AvgIpc) is 2.45. The molecule has 0 fully saturated rings. The van der Waals surface area contributed by atoms with E-state index < -0.39 is 0 Å². The van der Waals surface area contributed by atoms with Gasteiger partial charge in [0.05, 0.1) is 18.8 Å². The second-order valence-electron chi connectivity index (χ2n) is 4.80. The zero-order valence-electron chi connectivity index (χ0n) is 12.5. The molecule has 4 nitrogen and oxygen atoms in total. The lowest BCUT2D eigenvalue weighted by molar-refractivity contribution is 0.399. The molecule has 2 aromatic heterocycles. The van der Waals surface area contributed by atoms with Gasteiger partial charge in [-0.2, -0.15) is 0 Å². The topological polar surface area (TPSA) is 47.0 Å². The number of hydrogen-bond donors (Lipinski definition) is 1. The maximum Gasteiger partial charge on any atom is 0.142 e. The third-order valence-electron chi connectivity index (χ3n) is 3.23. The maximum atomic E-state index is 5.43. The molecule has 1 N–H and O–H groups in total. The van der Waals surface area contributed by atoms with Gasteiger partial charge in [-0.1, -0.05) is 13.0 Å². The summed E-state index contributed by atoms with van der Waals surface area (Å²) in [6, 6.07) is 5.88. The van der Waals surface area contributed by atoms with Crippen LogP contribution in [-0.4, -0.2) is 23.6 Å². The van der Waals surface area contributed by atoms with E-state index in [0.29, 0.717) is 0 Å². The molecule has 106 valence electrons. The van der Waals surface area contributed by atoms with Crippen molar-refractivity contribution in [3.8, 4) is 5.75 Å². The number of nitrogens with zero attached hydrogens (tertiary/aromatic N) is 2. The molecule has 0 radical (unpaired) electrons. The zero-order valence-corrected chi connectivity index (χ0v) is 12.5. The number of nitrogens with one attached hydrogen (secondary N) is 1. The van der Waals surface area contributed by atoms with Crippen molar-refractivity contribution in [3.63, 3.8) is 0 Å². The van der Waals surface area contributed by atoms with Crippen LogP contribution in [-0.2, 0) is 0 Å². The fraction of sp³-hybridized carbons (Fsp3) is 0.375. The number of hydrogen-bond acceptors (Lipinski definition) is 4. The molecule has 2 rings (SSSR count).